The van der Waals surface area contributed by atoms with E-state index in [1.165, 1.54) is 24.3 Å². The fraction of sp³-hybridized carbons (Fsp3) is 0.235. The molecule has 0 saturated carbocycles. The van der Waals surface area contributed by atoms with Crippen molar-refractivity contribution in [2.24, 2.45) is 0 Å². The molecule has 24 heavy (non-hydrogen) atoms. The van der Waals surface area contributed by atoms with Crippen LogP contribution in [0.5, 0.6) is 11.5 Å². The molecule has 0 aromatic heterocycles. The zero-order valence-electron chi connectivity index (χ0n) is 13.2. The normalized spacial score (nSPS) is 10.5. The summed E-state index contributed by atoms with van der Waals surface area (Å²) >= 11 is 3.38. The maximum atomic E-state index is 11.9. The summed E-state index contributed by atoms with van der Waals surface area (Å²) in [5, 5.41) is 10.6. The minimum atomic E-state index is -0.564. The molecule has 0 aliphatic carbocycles. The Kier molecular flexibility index (Phi) is 5.92. The summed E-state index contributed by atoms with van der Waals surface area (Å²) in [6.45, 7) is 3.85. The van der Waals surface area contributed by atoms with Gasteiger partial charge < -0.3 is 9.47 Å². The molecule has 0 aliphatic rings. The number of nitro benzene ring substituents is 1. The van der Waals surface area contributed by atoms with Gasteiger partial charge in [0.25, 0.3) is 5.69 Å². The summed E-state index contributed by atoms with van der Waals surface area (Å²) < 4.78 is 11.2. The molecule has 6 nitrogen and oxygen atoms in total. The number of carbonyl (C=O) groups is 1. The van der Waals surface area contributed by atoms with Gasteiger partial charge in [0.15, 0.2) is 6.61 Å². The van der Waals surface area contributed by atoms with Crippen LogP contribution in [0.4, 0.5) is 5.69 Å². The van der Waals surface area contributed by atoms with Crippen molar-refractivity contribution in [1.82, 2.24) is 0 Å². The lowest BCUT2D eigenvalue weighted by Gasteiger charge is -2.11. The third-order valence-corrected chi connectivity index (χ3v) is 3.87. The van der Waals surface area contributed by atoms with Gasteiger partial charge in [0.1, 0.15) is 11.5 Å². The molecule has 0 unspecified atom stereocenters. The average molecular weight is 394 g/mol. The van der Waals surface area contributed by atoms with Crippen molar-refractivity contribution in [3.05, 3.63) is 62.6 Å². The zero-order chi connectivity index (χ0) is 17.7. The van der Waals surface area contributed by atoms with Crippen molar-refractivity contribution in [2.75, 3.05) is 6.61 Å². The first kappa shape index (κ1) is 17.9. The van der Waals surface area contributed by atoms with Crippen LogP contribution >= 0.6 is 15.9 Å². The van der Waals surface area contributed by atoms with Crippen molar-refractivity contribution >= 4 is 27.6 Å². The fourth-order valence-electron chi connectivity index (χ4n) is 1.92. The van der Waals surface area contributed by atoms with Crippen LogP contribution in [0.3, 0.4) is 0 Å². The van der Waals surface area contributed by atoms with Gasteiger partial charge in [-0.3, -0.25) is 10.1 Å². The highest BCUT2D eigenvalue weighted by Gasteiger charge is 2.11. The lowest BCUT2D eigenvalue weighted by molar-refractivity contribution is -0.384. The SMILES string of the molecule is CC(C)c1ccc(OC(=O)COc2ccc([N+](=O)[O-])cc2)c(Br)c1. The molecule has 2 aromatic carbocycles. The van der Waals surface area contributed by atoms with Gasteiger partial charge in [-0.1, -0.05) is 19.9 Å². The Bertz CT molecular complexity index is 743. The van der Waals surface area contributed by atoms with E-state index in [9.17, 15) is 14.9 Å². The fourth-order valence-corrected chi connectivity index (χ4v) is 2.39. The maximum Gasteiger partial charge on any atom is 0.349 e. The van der Waals surface area contributed by atoms with Crippen molar-refractivity contribution in [3.63, 3.8) is 0 Å². The largest absolute Gasteiger partial charge is 0.482 e. The van der Waals surface area contributed by atoms with Gasteiger partial charge in [-0.15, -0.1) is 0 Å². The smallest absolute Gasteiger partial charge is 0.349 e. The molecule has 0 atom stereocenters. The summed E-state index contributed by atoms with van der Waals surface area (Å²) in [6.07, 6.45) is 0. The Morgan fingerprint density at radius 3 is 2.42 bits per heavy atom. The van der Waals surface area contributed by atoms with Gasteiger partial charge in [0.2, 0.25) is 0 Å². The van der Waals surface area contributed by atoms with Gasteiger partial charge >= 0.3 is 5.97 Å². The first-order chi connectivity index (χ1) is 11.4. The number of carbonyl (C=O) groups excluding carboxylic acids is 1. The molecule has 0 aliphatic heterocycles. The summed E-state index contributed by atoms with van der Waals surface area (Å²) in [7, 11) is 0. The highest BCUT2D eigenvalue weighted by molar-refractivity contribution is 9.10. The maximum absolute atomic E-state index is 11.9. The molecule has 0 fully saturated rings. The van der Waals surface area contributed by atoms with Gasteiger partial charge in [-0.25, -0.2) is 4.79 Å². The Morgan fingerprint density at radius 2 is 1.88 bits per heavy atom. The highest BCUT2D eigenvalue weighted by atomic mass is 79.9. The van der Waals surface area contributed by atoms with Crippen molar-refractivity contribution in [1.29, 1.82) is 0 Å². The van der Waals surface area contributed by atoms with Gasteiger partial charge in [-0.2, -0.15) is 0 Å². The number of halogens is 1. The van der Waals surface area contributed by atoms with E-state index in [0.29, 0.717) is 21.9 Å². The average Bonchev–Trinajstić information content (AvgIpc) is 2.55. The predicted molar refractivity (Wildman–Crippen MR) is 92.5 cm³/mol. The molecule has 7 heteroatoms. The number of ether oxygens (including phenoxy) is 2. The number of rotatable bonds is 6. The summed E-state index contributed by atoms with van der Waals surface area (Å²) in [6, 6.07) is 11.0. The molecule has 0 spiro atoms. The molecular formula is C17H16BrNO5. The molecule has 0 saturated heterocycles. The lowest BCUT2D eigenvalue weighted by Crippen LogP contribution is -2.18. The molecule has 0 radical (unpaired) electrons. The molecule has 0 heterocycles. The molecule has 126 valence electrons. The number of nitrogens with zero attached hydrogens (tertiary/aromatic N) is 1. The molecule has 0 amide bonds. The second-order valence-corrected chi connectivity index (χ2v) is 6.21. The van der Waals surface area contributed by atoms with E-state index >= 15 is 0 Å². The van der Waals surface area contributed by atoms with Crippen LogP contribution in [-0.2, 0) is 4.79 Å². The second kappa shape index (κ2) is 7.92. The van der Waals surface area contributed by atoms with Gasteiger partial charge in [-0.05, 0) is 51.7 Å². The Labute approximate surface area is 147 Å². The molecule has 2 rings (SSSR count). The van der Waals surface area contributed by atoms with Crippen LogP contribution in [0.25, 0.3) is 0 Å². The van der Waals surface area contributed by atoms with Crippen LogP contribution in [-0.4, -0.2) is 17.5 Å². The van der Waals surface area contributed by atoms with E-state index < -0.39 is 10.9 Å². The van der Waals surface area contributed by atoms with Gasteiger partial charge in [0.05, 0.1) is 9.40 Å². The van der Waals surface area contributed by atoms with E-state index in [0.717, 1.165) is 5.56 Å². The Morgan fingerprint density at radius 1 is 1.21 bits per heavy atom. The third kappa shape index (κ3) is 4.79. The van der Waals surface area contributed by atoms with Crippen LogP contribution in [0.2, 0.25) is 0 Å². The lowest BCUT2D eigenvalue weighted by atomic mass is 10.0. The Hall–Kier alpha value is -2.41. The topological polar surface area (TPSA) is 78.7 Å². The number of esters is 1. The molecular weight excluding hydrogens is 378 g/mol. The minimum absolute atomic E-state index is 0.0425. The van der Waals surface area contributed by atoms with Crippen LogP contribution in [0, 0.1) is 10.1 Å². The minimum Gasteiger partial charge on any atom is -0.482 e. The van der Waals surface area contributed by atoms with Crippen LogP contribution in [0.15, 0.2) is 46.9 Å². The second-order valence-electron chi connectivity index (χ2n) is 5.36. The van der Waals surface area contributed by atoms with E-state index in [2.05, 4.69) is 29.8 Å². The standard InChI is InChI=1S/C17H16BrNO5/c1-11(2)12-3-8-16(15(18)9-12)24-17(20)10-23-14-6-4-13(5-7-14)19(21)22/h3-9,11H,10H2,1-2H3. The molecule has 2 aromatic rings. The molecule has 0 bridgehead atoms. The highest BCUT2D eigenvalue weighted by Crippen LogP contribution is 2.29. The van der Waals surface area contributed by atoms with E-state index in [-0.39, 0.29) is 12.3 Å². The van der Waals surface area contributed by atoms with E-state index in [4.69, 9.17) is 9.47 Å². The number of non-ortho nitro benzene ring substituents is 1. The van der Waals surface area contributed by atoms with E-state index in [1.807, 2.05) is 12.1 Å². The monoisotopic (exact) mass is 393 g/mol. The summed E-state index contributed by atoms with van der Waals surface area (Å²) in [5.41, 5.74) is 1.09. The number of benzene rings is 2. The first-order valence-electron chi connectivity index (χ1n) is 7.24. The van der Waals surface area contributed by atoms with Crippen molar-refractivity contribution < 1.29 is 19.2 Å². The third-order valence-electron chi connectivity index (χ3n) is 3.25. The van der Waals surface area contributed by atoms with Crippen LogP contribution in [0.1, 0.15) is 25.3 Å². The number of nitro groups is 1. The molecule has 0 N–H and O–H groups in total. The van der Waals surface area contributed by atoms with Crippen LogP contribution < -0.4 is 9.47 Å². The Balaban J connectivity index is 1.92. The predicted octanol–water partition coefficient (Wildman–Crippen LogP) is 4.47. The zero-order valence-corrected chi connectivity index (χ0v) is 14.8. The quantitative estimate of drug-likeness (QED) is 0.313. The number of hydrogen-bond acceptors (Lipinski definition) is 5. The van der Waals surface area contributed by atoms with E-state index in [1.54, 1.807) is 6.07 Å². The van der Waals surface area contributed by atoms with Crippen molar-refractivity contribution in [3.8, 4) is 11.5 Å². The first-order valence-corrected chi connectivity index (χ1v) is 8.03. The van der Waals surface area contributed by atoms with Crippen molar-refractivity contribution in [2.45, 2.75) is 19.8 Å². The van der Waals surface area contributed by atoms with Gasteiger partial charge in [0, 0.05) is 12.1 Å². The summed E-state index contributed by atoms with van der Waals surface area (Å²) in [5.74, 6) is 0.575. The summed E-state index contributed by atoms with van der Waals surface area (Å²) in [4.78, 5) is 21.9. The number of hydrogen-bond donors (Lipinski definition) is 0.